The lowest BCUT2D eigenvalue weighted by Gasteiger charge is -2.09. The Kier molecular flexibility index (Phi) is 4.99. The molecule has 0 amide bonds. The normalized spacial score (nSPS) is 11.4. The largest absolute Gasteiger partial charge is 0.456 e. The molecule has 0 aliphatic rings. The maximum atomic E-state index is 12.6. The minimum atomic E-state index is -0.485. The molecule has 126 valence electrons. The molecule has 3 rings (SSSR count). The number of carbonyl (C=O) groups is 1. The second-order valence-corrected chi connectivity index (χ2v) is 5.64. The first-order valence-corrected chi connectivity index (χ1v) is 7.88. The lowest BCUT2D eigenvalue weighted by molar-refractivity contribution is -0.138. The Morgan fingerprint density at radius 1 is 1.12 bits per heavy atom. The number of nitrogens with zero attached hydrogens (tertiary/aromatic N) is 4. The number of hydrogen-bond donors (Lipinski definition) is 0. The van der Waals surface area contributed by atoms with Gasteiger partial charge < -0.3 is 4.74 Å². The molecule has 1 heterocycles. The van der Waals surface area contributed by atoms with E-state index < -0.39 is 5.97 Å². The number of rotatable bonds is 5. The topological polar surface area (TPSA) is 69.9 Å². The van der Waals surface area contributed by atoms with E-state index in [-0.39, 0.29) is 12.3 Å². The zero-order valence-electron chi connectivity index (χ0n) is 14.1. The van der Waals surface area contributed by atoms with E-state index in [9.17, 15) is 4.79 Å². The summed E-state index contributed by atoms with van der Waals surface area (Å²) < 4.78 is 6.85. The molecule has 2 aromatic carbocycles. The van der Waals surface area contributed by atoms with E-state index in [1.165, 1.54) is 4.68 Å². The van der Waals surface area contributed by atoms with Crippen molar-refractivity contribution in [2.24, 2.45) is 0 Å². The van der Waals surface area contributed by atoms with Crippen molar-refractivity contribution in [1.82, 2.24) is 20.2 Å². The van der Waals surface area contributed by atoms with Crippen LogP contribution in [0.4, 0.5) is 0 Å². The van der Waals surface area contributed by atoms with Crippen LogP contribution in [0.15, 0.2) is 54.6 Å². The summed E-state index contributed by atoms with van der Waals surface area (Å²) in [6, 6.07) is 17.3. The third kappa shape index (κ3) is 4.17. The Bertz CT molecular complexity index is 901. The molecule has 0 unspecified atom stereocenters. The van der Waals surface area contributed by atoms with E-state index in [2.05, 4.69) is 15.5 Å². The Balaban J connectivity index is 1.85. The summed E-state index contributed by atoms with van der Waals surface area (Å²) in [6.45, 7) is 3.91. The van der Waals surface area contributed by atoms with Gasteiger partial charge in [-0.15, -0.1) is 5.10 Å². The molecule has 0 radical (unpaired) electrons. The minimum absolute atomic E-state index is 0.188. The van der Waals surface area contributed by atoms with Gasteiger partial charge in [-0.25, -0.2) is 4.79 Å². The standard InChI is InChI=1S/C19H18N4O2/c1-14-7-6-10-17(11-14)13-25-19(24)18(23-15(2)20-21-22-23)12-16-8-4-3-5-9-16/h3-12H,13H2,1-2H3/b18-12-. The van der Waals surface area contributed by atoms with Gasteiger partial charge in [0.15, 0.2) is 11.5 Å². The van der Waals surface area contributed by atoms with Crippen molar-refractivity contribution in [3.63, 3.8) is 0 Å². The first kappa shape index (κ1) is 16.6. The Hall–Kier alpha value is -3.28. The zero-order chi connectivity index (χ0) is 17.6. The highest BCUT2D eigenvalue weighted by Crippen LogP contribution is 2.15. The van der Waals surface area contributed by atoms with Crippen LogP contribution in [0, 0.1) is 13.8 Å². The number of tetrazole rings is 1. The van der Waals surface area contributed by atoms with Crippen LogP contribution in [-0.4, -0.2) is 26.2 Å². The summed E-state index contributed by atoms with van der Waals surface area (Å²) in [6.07, 6.45) is 1.71. The van der Waals surface area contributed by atoms with Gasteiger partial charge in [-0.1, -0.05) is 60.2 Å². The van der Waals surface area contributed by atoms with Crippen LogP contribution in [-0.2, 0) is 16.1 Å². The van der Waals surface area contributed by atoms with Gasteiger partial charge in [0.1, 0.15) is 6.61 Å². The maximum Gasteiger partial charge on any atom is 0.357 e. The molecule has 6 heteroatoms. The number of carbonyl (C=O) groups excluding carboxylic acids is 1. The molecule has 0 aliphatic carbocycles. The molecule has 0 saturated heterocycles. The third-order valence-electron chi connectivity index (χ3n) is 3.62. The van der Waals surface area contributed by atoms with Crippen molar-refractivity contribution >= 4 is 17.7 Å². The second kappa shape index (κ2) is 7.53. The molecule has 0 spiro atoms. The molecule has 0 fully saturated rings. The van der Waals surface area contributed by atoms with Crippen LogP contribution in [0.5, 0.6) is 0 Å². The van der Waals surface area contributed by atoms with Gasteiger partial charge in [0.2, 0.25) is 0 Å². The summed E-state index contributed by atoms with van der Waals surface area (Å²) in [5, 5.41) is 11.3. The number of aryl methyl sites for hydroxylation is 2. The second-order valence-electron chi connectivity index (χ2n) is 5.64. The summed E-state index contributed by atoms with van der Waals surface area (Å²) in [4.78, 5) is 12.6. The maximum absolute atomic E-state index is 12.6. The summed E-state index contributed by atoms with van der Waals surface area (Å²) in [5.41, 5.74) is 3.17. The number of aromatic nitrogens is 4. The van der Waals surface area contributed by atoms with Gasteiger partial charge in [0.25, 0.3) is 0 Å². The van der Waals surface area contributed by atoms with E-state index >= 15 is 0 Å². The summed E-state index contributed by atoms with van der Waals surface area (Å²) in [5.74, 6) is 0.0236. The highest BCUT2D eigenvalue weighted by Gasteiger charge is 2.17. The first-order chi connectivity index (χ1) is 12.1. The van der Waals surface area contributed by atoms with Crippen molar-refractivity contribution in [2.45, 2.75) is 20.5 Å². The first-order valence-electron chi connectivity index (χ1n) is 7.88. The highest BCUT2D eigenvalue weighted by atomic mass is 16.5. The smallest absolute Gasteiger partial charge is 0.357 e. The number of ether oxygens (including phenoxy) is 1. The molecule has 0 aliphatic heterocycles. The minimum Gasteiger partial charge on any atom is -0.456 e. The fourth-order valence-corrected chi connectivity index (χ4v) is 2.39. The molecular formula is C19H18N4O2. The van der Waals surface area contributed by atoms with Crippen molar-refractivity contribution < 1.29 is 9.53 Å². The van der Waals surface area contributed by atoms with E-state index in [4.69, 9.17) is 4.74 Å². The van der Waals surface area contributed by atoms with E-state index in [0.29, 0.717) is 5.82 Å². The third-order valence-corrected chi connectivity index (χ3v) is 3.62. The van der Waals surface area contributed by atoms with E-state index in [1.54, 1.807) is 13.0 Å². The molecule has 1 aromatic heterocycles. The number of esters is 1. The van der Waals surface area contributed by atoms with Gasteiger partial charge in [-0.2, -0.15) is 4.68 Å². The Morgan fingerprint density at radius 2 is 1.92 bits per heavy atom. The molecule has 0 bridgehead atoms. The molecule has 25 heavy (non-hydrogen) atoms. The predicted molar refractivity (Wildman–Crippen MR) is 94.1 cm³/mol. The SMILES string of the molecule is Cc1cccc(COC(=O)/C(=C/c2ccccc2)n2nnnc2C)c1. The number of benzene rings is 2. The van der Waals surface area contributed by atoms with Crippen LogP contribution >= 0.6 is 0 Å². The molecule has 0 saturated carbocycles. The van der Waals surface area contributed by atoms with Gasteiger partial charge >= 0.3 is 5.97 Å². The molecule has 0 atom stereocenters. The molecule has 6 nitrogen and oxygen atoms in total. The summed E-state index contributed by atoms with van der Waals surface area (Å²) >= 11 is 0. The van der Waals surface area contributed by atoms with E-state index in [1.807, 2.05) is 61.5 Å². The Labute approximate surface area is 145 Å². The average Bonchev–Trinajstić information content (AvgIpc) is 3.04. The van der Waals surface area contributed by atoms with Crippen LogP contribution in [0.1, 0.15) is 22.5 Å². The molecule has 0 N–H and O–H groups in total. The fraction of sp³-hybridized carbons (Fsp3) is 0.158. The van der Waals surface area contributed by atoms with Gasteiger partial charge in [-0.3, -0.25) is 0 Å². The van der Waals surface area contributed by atoms with Crippen LogP contribution < -0.4 is 0 Å². The van der Waals surface area contributed by atoms with Crippen molar-refractivity contribution in [1.29, 1.82) is 0 Å². The van der Waals surface area contributed by atoms with E-state index in [0.717, 1.165) is 16.7 Å². The number of hydrogen-bond acceptors (Lipinski definition) is 5. The quantitative estimate of drug-likeness (QED) is 0.530. The zero-order valence-corrected chi connectivity index (χ0v) is 14.1. The fourth-order valence-electron chi connectivity index (χ4n) is 2.39. The average molecular weight is 334 g/mol. The Morgan fingerprint density at radius 3 is 2.60 bits per heavy atom. The van der Waals surface area contributed by atoms with Gasteiger partial charge in [0, 0.05) is 0 Å². The van der Waals surface area contributed by atoms with Crippen LogP contribution in [0.25, 0.3) is 11.8 Å². The molecule has 3 aromatic rings. The van der Waals surface area contributed by atoms with Crippen molar-refractivity contribution in [3.05, 3.63) is 77.1 Å². The highest BCUT2D eigenvalue weighted by molar-refractivity contribution is 6.15. The predicted octanol–water partition coefficient (Wildman–Crippen LogP) is 3.03. The van der Waals surface area contributed by atoms with Crippen molar-refractivity contribution in [3.8, 4) is 0 Å². The monoisotopic (exact) mass is 334 g/mol. The van der Waals surface area contributed by atoms with Gasteiger partial charge in [0.05, 0.1) is 0 Å². The lowest BCUT2D eigenvalue weighted by atomic mass is 10.1. The lowest BCUT2D eigenvalue weighted by Crippen LogP contribution is -2.15. The molecular weight excluding hydrogens is 316 g/mol. The summed E-state index contributed by atoms with van der Waals surface area (Å²) in [7, 11) is 0. The van der Waals surface area contributed by atoms with Gasteiger partial charge in [-0.05, 0) is 41.5 Å². The van der Waals surface area contributed by atoms with Crippen molar-refractivity contribution in [2.75, 3.05) is 0 Å². The van der Waals surface area contributed by atoms with Crippen LogP contribution in [0.2, 0.25) is 0 Å². The van der Waals surface area contributed by atoms with Crippen LogP contribution in [0.3, 0.4) is 0 Å².